The highest BCUT2D eigenvalue weighted by molar-refractivity contribution is 7.99. The topological polar surface area (TPSA) is 49.9 Å². The van der Waals surface area contributed by atoms with Crippen molar-refractivity contribution < 1.29 is 0 Å². The first-order chi connectivity index (χ1) is 8.67. The van der Waals surface area contributed by atoms with E-state index in [9.17, 15) is 0 Å². The van der Waals surface area contributed by atoms with E-state index in [-0.39, 0.29) is 0 Å². The molecule has 1 fully saturated rings. The van der Waals surface area contributed by atoms with E-state index < -0.39 is 0 Å². The lowest BCUT2D eigenvalue weighted by atomic mass is 10.1. The molecule has 0 spiro atoms. The molecule has 0 aromatic heterocycles. The largest absolute Gasteiger partial charge is 0.388 e. The maximum absolute atomic E-state index is 7.44. The third kappa shape index (κ3) is 2.56. The number of rotatable bonds is 5. The minimum Gasteiger partial charge on any atom is -0.388 e. The van der Waals surface area contributed by atoms with Gasteiger partial charge >= 0.3 is 0 Å². The average molecular weight is 260 g/mol. The minimum absolute atomic E-state index is 0.343. The Bertz CT molecular complexity index is 477. The van der Waals surface area contributed by atoms with E-state index >= 15 is 0 Å². The summed E-state index contributed by atoms with van der Waals surface area (Å²) in [5, 5.41) is 7.44. The summed E-state index contributed by atoms with van der Waals surface area (Å²) in [4.78, 5) is 1.39. The summed E-state index contributed by atoms with van der Waals surface area (Å²) in [5.41, 5.74) is 8.98. The van der Waals surface area contributed by atoms with Gasteiger partial charge in [0.25, 0.3) is 0 Å². The summed E-state index contributed by atoms with van der Waals surface area (Å²) in [6.07, 6.45) is 7.09. The van der Waals surface area contributed by atoms with Crippen molar-refractivity contribution in [2.45, 2.75) is 43.4 Å². The monoisotopic (exact) mass is 260 g/mol. The second kappa shape index (κ2) is 4.61. The Morgan fingerprint density at radius 3 is 2.78 bits per heavy atom. The fourth-order valence-corrected chi connectivity index (χ4v) is 4.08. The van der Waals surface area contributed by atoms with Gasteiger partial charge in [-0.1, -0.05) is 6.07 Å². The lowest BCUT2D eigenvalue weighted by Gasteiger charge is -2.14. The summed E-state index contributed by atoms with van der Waals surface area (Å²) in [5.74, 6) is 1.47. The minimum atomic E-state index is 0.343. The maximum Gasteiger partial charge on any atom is 0.0911 e. The quantitative estimate of drug-likeness (QED) is 0.484. The van der Waals surface area contributed by atoms with Crippen LogP contribution in [-0.2, 0) is 12.8 Å². The summed E-state index contributed by atoms with van der Waals surface area (Å²) < 4.78 is 0. The Balaban J connectivity index is 1.62. The highest BCUT2D eigenvalue weighted by Crippen LogP contribution is 2.51. The van der Waals surface area contributed by atoms with Crippen LogP contribution in [-0.4, -0.2) is 11.6 Å². The molecule has 0 saturated heterocycles. The third-order valence-electron chi connectivity index (χ3n) is 4.14. The Hall–Kier alpha value is -0.960. The van der Waals surface area contributed by atoms with Gasteiger partial charge in [0.1, 0.15) is 0 Å². The Morgan fingerprint density at radius 1 is 1.28 bits per heavy atom. The van der Waals surface area contributed by atoms with Crippen LogP contribution < -0.4 is 5.73 Å². The van der Waals surface area contributed by atoms with Crippen molar-refractivity contribution in [3.8, 4) is 0 Å². The molecule has 1 aromatic carbocycles. The van der Waals surface area contributed by atoms with Gasteiger partial charge in [-0.2, -0.15) is 0 Å². The molecule has 0 radical (unpaired) electrons. The van der Waals surface area contributed by atoms with Gasteiger partial charge in [-0.25, -0.2) is 0 Å². The zero-order valence-corrected chi connectivity index (χ0v) is 11.5. The van der Waals surface area contributed by atoms with Crippen molar-refractivity contribution in [3.05, 3.63) is 29.3 Å². The van der Waals surface area contributed by atoms with Gasteiger partial charge in [-0.15, -0.1) is 11.8 Å². The predicted molar refractivity (Wildman–Crippen MR) is 77.4 cm³/mol. The van der Waals surface area contributed by atoms with Crippen LogP contribution in [0, 0.1) is 10.8 Å². The fraction of sp³-hybridized carbons (Fsp3) is 0.533. The van der Waals surface area contributed by atoms with Crippen molar-refractivity contribution in [3.63, 3.8) is 0 Å². The third-order valence-corrected chi connectivity index (χ3v) is 5.48. The van der Waals surface area contributed by atoms with Crippen LogP contribution in [0.15, 0.2) is 23.1 Å². The standard InChI is InChI=1S/C15H20N2S/c16-14(17)9-15(6-7-15)10-18-13-5-4-11-2-1-3-12(11)8-13/h4-5,8H,1-3,6-7,9-10H2,(H3,16,17). The molecular weight excluding hydrogens is 240 g/mol. The van der Waals surface area contributed by atoms with Crippen LogP contribution in [0.3, 0.4) is 0 Å². The van der Waals surface area contributed by atoms with Gasteiger partial charge in [0.15, 0.2) is 0 Å². The van der Waals surface area contributed by atoms with Gasteiger partial charge in [0, 0.05) is 17.1 Å². The van der Waals surface area contributed by atoms with Crippen molar-refractivity contribution >= 4 is 17.6 Å². The lowest BCUT2D eigenvalue weighted by Crippen LogP contribution is -2.18. The predicted octanol–water partition coefficient (Wildman–Crippen LogP) is 3.37. The number of amidine groups is 1. The van der Waals surface area contributed by atoms with Crippen LogP contribution in [0.5, 0.6) is 0 Å². The number of nitrogens with one attached hydrogen (secondary N) is 1. The molecule has 2 nitrogen and oxygen atoms in total. The van der Waals surface area contributed by atoms with E-state index in [0.29, 0.717) is 11.3 Å². The number of fused-ring (bicyclic) bond motifs is 1. The first-order valence-electron chi connectivity index (χ1n) is 6.74. The number of thioether (sulfide) groups is 1. The SMILES string of the molecule is N=C(N)CC1(CSc2ccc3c(c2)CCC3)CC1. The van der Waals surface area contributed by atoms with E-state index in [1.54, 1.807) is 11.1 Å². The number of hydrogen-bond donors (Lipinski definition) is 2. The summed E-state index contributed by atoms with van der Waals surface area (Å²) in [6.45, 7) is 0. The van der Waals surface area contributed by atoms with Crippen LogP contribution in [0.2, 0.25) is 0 Å². The van der Waals surface area contributed by atoms with E-state index in [1.807, 2.05) is 11.8 Å². The van der Waals surface area contributed by atoms with Gasteiger partial charge in [-0.3, -0.25) is 5.41 Å². The second-order valence-corrected chi connectivity index (χ2v) is 6.82. The molecule has 1 aromatic rings. The van der Waals surface area contributed by atoms with Crippen molar-refractivity contribution in [1.29, 1.82) is 5.41 Å². The molecule has 2 aliphatic rings. The molecule has 3 heteroatoms. The van der Waals surface area contributed by atoms with Crippen molar-refractivity contribution in [1.82, 2.24) is 0 Å². The van der Waals surface area contributed by atoms with Crippen molar-refractivity contribution in [2.24, 2.45) is 11.1 Å². The Morgan fingerprint density at radius 2 is 2.06 bits per heavy atom. The average Bonchev–Trinajstić information content (AvgIpc) is 2.92. The van der Waals surface area contributed by atoms with Gasteiger partial charge < -0.3 is 5.73 Å². The zero-order valence-electron chi connectivity index (χ0n) is 10.7. The number of benzene rings is 1. The molecule has 0 atom stereocenters. The Kier molecular flexibility index (Phi) is 3.10. The van der Waals surface area contributed by atoms with Crippen LogP contribution >= 0.6 is 11.8 Å². The molecule has 1 saturated carbocycles. The molecule has 0 unspecified atom stereocenters. The summed E-state index contributed by atoms with van der Waals surface area (Å²) in [7, 11) is 0. The Labute approximate surface area is 113 Å². The molecule has 0 amide bonds. The summed E-state index contributed by atoms with van der Waals surface area (Å²) in [6, 6.07) is 6.94. The zero-order chi connectivity index (χ0) is 12.6. The number of aryl methyl sites for hydroxylation is 2. The highest BCUT2D eigenvalue weighted by Gasteiger charge is 2.42. The highest BCUT2D eigenvalue weighted by atomic mass is 32.2. The van der Waals surface area contributed by atoms with E-state index in [1.165, 1.54) is 37.0 Å². The molecule has 0 bridgehead atoms. The van der Waals surface area contributed by atoms with Gasteiger partial charge in [-0.05, 0) is 60.8 Å². The summed E-state index contributed by atoms with van der Waals surface area (Å²) >= 11 is 1.95. The molecule has 0 aliphatic heterocycles. The normalized spacial score (nSPS) is 19.6. The van der Waals surface area contributed by atoms with Gasteiger partial charge in [0.05, 0.1) is 5.84 Å². The second-order valence-electron chi connectivity index (χ2n) is 5.77. The molecule has 3 N–H and O–H groups in total. The first kappa shape index (κ1) is 12.1. The number of hydrogen-bond acceptors (Lipinski definition) is 2. The molecule has 96 valence electrons. The molecular formula is C15H20N2S. The molecule has 18 heavy (non-hydrogen) atoms. The fourth-order valence-electron chi connectivity index (χ4n) is 2.83. The van der Waals surface area contributed by atoms with Gasteiger partial charge in [0.2, 0.25) is 0 Å². The smallest absolute Gasteiger partial charge is 0.0911 e. The lowest BCUT2D eigenvalue weighted by molar-refractivity contribution is 0.612. The first-order valence-corrected chi connectivity index (χ1v) is 7.73. The number of nitrogens with two attached hydrogens (primary N) is 1. The van der Waals surface area contributed by atoms with Crippen LogP contribution in [0.25, 0.3) is 0 Å². The molecule has 2 aliphatic carbocycles. The molecule has 0 heterocycles. The molecule has 3 rings (SSSR count). The maximum atomic E-state index is 7.44. The van der Waals surface area contributed by atoms with E-state index in [0.717, 1.165) is 12.2 Å². The van der Waals surface area contributed by atoms with E-state index in [2.05, 4.69) is 18.2 Å². The van der Waals surface area contributed by atoms with Crippen LogP contribution in [0.4, 0.5) is 0 Å². The van der Waals surface area contributed by atoms with Crippen molar-refractivity contribution in [2.75, 3.05) is 5.75 Å². The van der Waals surface area contributed by atoms with E-state index in [4.69, 9.17) is 11.1 Å². The van der Waals surface area contributed by atoms with Crippen LogP contribution in [0.1, 0.15) is 36.8 Å².